The third-order valence-electron chi connectivity index (χ3n) is 2.27. The van der Waals surface area contributed by atoms with Gasteiger partial charge in [-0.2, -0.15) is 0 Å². The Labute approximate surface area is 93.2 Å². The number of ether oxygens (including phenoxy) is 1. The van der Waals surface area contributed by atoms with Gasteiger partial charge in [0, 0.05) is 6.42 Å². The Hall–Kier alpha value is -2.04. The average molecular weight is 219 g/mol. The molecule has 0 spiro atoms. The minimum absolute atomic E-state index is 0.115. The summed E-state index contributed by atoms with van der Waals surface area (Å²) >= 11 is 0. The van der Waals surface area contributed by atoms with Crippen LogP contribution in [-0.2, 0) is 12.8 Å². The molecule has 0 saturated heterocycles. The van der Waals surface area contributed by atoms with Crippen molar-refractivity contribution < 1.29 is 9.15 Å². The molecule has 16 heavy (non-hydrogen) atoms. The number of hydrogen-bond acceptors (Lipinski definition) is 5. The molecule has 0 aliphatic heterocycles. The van der Waals surface area contributed by atoms with Gasteiger partial charge in [-0.05, 0) is 24.1 Å². The molecule has 5 heteroatoms. The molecule has 0 saturated carbocycles. The van der Waals surface area contributed by atoms with Crippen molar-refractivity contribution in [2.45, 2.75) is 12.8 Å². The normalized spacial score (nSPS) is 10.3. The maximum atomic E-state index is 5.33. The van der Waals surface area contributed by atoms with Crippen LogP contribution >= 0.6 is 0 Å². The number of nitrogens with zero attached hydrogens (tertiary/aromatic N) is 2. The van der Waals surface area contributed by atoms with Crippen LogP contribution in [0.3, 0.4) is 0 Å². The largest absolute Gasteiger partial charge is 0.497 e. The molecule has 0 radical (unpaired) electrons. The van der Waals surface area contributed by atoms with E-state index in [0.717, 1.165) is 12.2 Å². The van der Waals surface area contributed by atoms with Gasteiger partial charge in [0.15, 0.2) is 0 Å². The third-order valence-corrected chi connectivity index (χ3v) is 2.27. The number of rotatable bonds is 4. The van der Waals surface area contributed by atoms with Crippen LogP contribution in [0.1, 0.15) is 11.5 Å². The van der Waals surface area contributed by atoms with Gasteiger partial charge in [0.2, 0.25) is 5.89 Å². The minimum Gasteiger partial charge on any atom is -0.497 e. The molecule has 0 amide bonds. The van der Waals surface area contributed by atoms with Crippen LogP contribution in [0.15, 0.2) is 28.7 Å². The van der Waals surface area contributed by atoms with Crippen LogP contribution in [0.25, 0.3) is 0 Å². The van der Waals surface area contributed by atoms with Crippen LogP contribution in [0.2, 0.25) is 0 Å². The molecule has 1 aromatic heterocycles. The third kappa shape index (κ3) is 2.50. The molecule has 0 aliphatic carbocycles. The Balaban J connectivity index is 1.94. The SMILES string of the molecule is COc1ccc(CCc2nnc(N)o2)cc1. The van der Waals surface area contributed by atoms with Crippen molar-refractivity contribution in [2.75, 3.05) is 12.8 Å². The van der Waals surface area contributed by atoms with Crippen LogP contribution in [-0.4, -0.2) is 17.3 Å². The zero-order valence-corrected chi connectivity index (χ0v) is 9.01. The van der Waals surface area contributed by atoms with Crippen molar-refractivity contribution in [2.24, 2.45) is 0 Å². The zero-order chi connectivity index (χ0) is 11.4. The summed E-state index contributed by atoms with van der Waals surface area (Å²) in [5, 5.41) is 7.40. The first kappa shape index (κ1) is 10.5. The van der Waals surface area contributed by atoms with E-state index < -0.39 is 0 Å². The van der Waals surface area contributed by atoms with E-state index in [0.29, 0.717) is 12.3 Å². The van der Waals surface area contributed by atoms with Crippen molar-refractivity contribution in [1.82, 2.24) is 10.2 Å². The van der Waals surface area contributed by atoms with Crippen molar-refractivity contribution in [3.63, 3.8) is 0 Å². The molecule has 1 aromatic carbocycles. The molecule has 0 atom stereocenters. The van der Waals surface area contributed by atoms with Gasteiger partial charge in [0.1, 0.15) is 5.75 Å². The maximum absolute atomic E-state index is 5.33. The summed E-state index contributed by atoms with van der Waals surface area (Å²) in [7, 11) is 1.65. The Morgan fingerprint density at radius 3 is 2.50 bits per heavy atom. The molecule has 0 fully saturated rings. The second kappa shape index (κ2) is 4.65. The van der Waals surface area contributed by atoms with E-state index in [1.807, 2.05) is 24.3 Å². The number of benzene rings is 1. The highest BCUT2D eigenvalue weighted by Crippen LogP contribution is 2.13. The lowest BCUT2D eigenvalue weighted by Gasteiger charge is -2.01. The summed E-state index contributed by atoms with van der Waals surface area (Å²) in [6.07, 6.45) is 1.53. The van der Waals surface area contributed by atoms with Gasteiger partial charge in [-0.1, -0.05) is 17.2 Å². The second-order valence-corrected chi connectivity index (χ2v) is 3.38. The van der Waals surface area contributed by atoms with E-state index in [4.69, 9.17) is 14.9 Å². The predicted molar refractivity (Wildman–Crippen MR) is 59.1 cm³/mol. The van der Waals surface area contributed by atoms with Gasteiger partial charge in [-0.15, -0.1) is 5.10 Å². The van der Waals surface area contributed by atoms with Gasteiger partial charge < -0.3 is 14.9 Å². The molecule has 0 aliphatic rings. The van der Waals surface area contributed by atoms with Crippen LogP contribution in [0.5, 0.6) is 5.75 Å². The number of nitrogens with two attached hydrogens (primary N) is 1. The maximum Gasteiger partial charge on any atom is 0.312 e. The fraction of sp³-hybridized carbons (Fsp3) is 0.273. The van der Waals surface area contributed by atoms with Crippen molar-refractivity contribution >= 4 is 6.01 Å². The number of aryl methyl sites for hydroxylation is 2. The number of methoxy groups -OCH3 is 1. The second-order valence-electron chi connectivity index (χ2n) is 3.38. The molecule has 84 valence electrons. The average Bonchev–Trinajstić information content (AvgIpc) is 2.73. The minimum atomic E-state index is 0.115. The number of aromatic nitrogens is 2. The first-order valence-corrected chi connectivity index (χ1v) is 4.98. The van der Waals surface area contributed by atoms with Gasteiger partial charge in [-0.25, -0.2) is 0 Å². The molecule has 0 bridgehead atoms. The smallest absolute Gasteiger partial charge is 0.312 e. The highest BCUT2D eigenvalue weighted by molar-refractivity contribution is 5.27. The fourth-order valence-corrected chi connectivity index (χ4v) is 1.41. The topological polar surface area (TPSA) is 74.2 Å². The summed E-state index contributed by atoms with van der Waals surface area (Å²) in [4.78, 5) is 0. The predicted octanol–water partition coefficient (Wildman–Crippen LogP) is 1.45. The van der Waals surface area contributed by atoms with Crippen LogP contribution in [0, 0.1) is 0 Å². The Morgan fingerprint density at radius 2 is 1.94 bits per heavy atom. The summed E-state index contributed by atoms with van der Waals surface area (Å²) in [5.74, 6) is 1.42. The van der Waals surface area contributed by atoms with E-state index in [2.05, 4.69) is 10.2 Å². The van der Waals surface area contributed by atoms with Crippen molar-refractivity contribution in [1.29, 1.82) is 0 Å². The van der Waals surface area contributed by atoms with E-state index in [1.54, 1.807) is 7.11 Å². The van der Waals surface area contributed by atoms with Crippen molar-refractivity contribution in [3.05, 3.63) is 35.7 Å². The molecule has 2 N–H and O–H groups in total. The molecule has 2 rings (SSSR count). The first-order valence-electron chi connectivity index (χ1n) is 4.98. The Morgan fingerprint density at radius 1 is 1.19 bits per heavy atom. The lowest BCUT2D eigenvalue weighted by molar-refractivity contribution is 0.414. The van der Waals surface area contributed by atoms with Crippen molar-refractivity contribution in [3.8, 4) is 5.75 Å². The monoisotopic (exact) mass is 219 g/mol. The summed E-state index contributed by atoms with van der Waals surface area (Å²) in [5.41, 5.74) is 6.52. The quantitative estimate of drug-likeness (QED) is 0.842. The summed E-state index contributed by atoms with van der Waals surface area (Å²) in [6, 6.07) is 8.00. The number of nitrogen functional groups attached to an aromatic ring is 1. The highest BCUT2D eigenvalue weighted by Gasteiger charge is 2.03. The molecule has 2 aromatic rings. The Bertz CT molecular complexity index is 451. The van der Waals surface area contributed by atoms with Gasteiger partial charge >= 0.3 is 6.01 Å². The first-order chi connectivity index (χ1) is 7.78. The Kier molecular flexibility index (Phi) is 3.05. The van der Waals surface area contributed by atoms with E-state index in [9.17, 15) is 0 Å². The van der Waals surface area contributed by atoms with E-state index in [1.165, 1.54) is 5.56 Å². The lowest BCUT2D eigenvalue weighted by Crippen LogP contribution is -1.92. The van der Waals surface area contributed by atoms with Gasteiger partial charge in [-0.3, -0.25) is 0 Å². The summed E-state index contributed by atoms with van der Waals surface area (Å²) in [6.45, 7) is 0. The standard InChI is InChI=1S/C11H13N3O2/c1-15-9-5-2-8(3-6-9)4-7-10-13-14-11(12)16-10/h2-3,5-6H,4,7H2,1H3,(H2,12,14). The van der Waals surface area contributed by atoms with Gasteiger partial charge in [0.05, 0.1) is 7.11 Å². The van der Waals surface area contributed by atoms with Crippen LogP contribution < -0.4 is 10.5 Å². The molecule has 1 heterocycles. The summed E-state index contributed by atoms with van der Waals surface area (Å²) < 4.78 is 10.2. The van der Waals surface area contributed by atoms with E-state index in [-0.39, 0.29) is 6.01 Å². The fourth-order valence-electron chi connectivity index (χ4n) is 1.41. The number of anilines is 1. The number of hydrogen-bond donors (Lipinski definition) is 1. The molecular formula is C11H13N3O2. The lowest BCUT2D eigenvalue weighted by atomic mass is 10.1. The molecular weight excluding hydrogens is 206 g/mol. The van der Waals surface area contributed by atoms with E-state index >= 15 is 0 Å². The molecule has 0 unspecified atom stereocenters. The zero-order valence-electron chi connectivity index (χ0n) is 9.01. The van der Waals surface area contributed by atoms with Crippen LogP contribution in [0.4, 0.5) is 6.01 Å². The highest BCUT2D eigenvalue weighted by atomic mass is 16.5. The molecule has 5 nitrogen and oxygen atoms in total. The van der Waals surface area contributed by atoms with Gasteiger partial charge in [0.25, 0.3) is 0 Å².